The lowest BCUT2D eigenvalue weighted by atomic mass is 10.2. The van der Waals surface area contributed by atoms with Crippen molar-refractivity contribution in [3.8, 4) is 0 Å². The SMILES string of the molecule is CC.CC.Nc1ccccc1CNC=O. The van der Waals surface area contributed by atoms with Gasteiger partial charge in [-0.1, -0.05) is 45.9 Å². The lowest BCUT2D eigenvalue weighted by molar-refractivity contribution is -0.109. The molecule has 1 aromatic rings. The molecular weight excluding hydrogens is 188 g/mol. The summed E-state index contributed by atoms with van der Waals surface area (Å²) in [5, 5.41) is 2.54. The number of carbonyl (C=O) groups excluding carboxylic acids is 1. The quantitative estimate of drug-likeness (QED) is 0.595. The summed E-state index contributed by atoms with van der Waals surface area (Å²) in [7, 11) is 0. The van der Waals surface area contributed by atoms with Crippen molar-refractivity contribution in [3.63, 3.8) is 0 Å². The van der Waals surface area contributed by atoms with Gasteiger partial charge in [0.05, 0.1) is 0 Å². The highest BCUT2D eigenvalue weighted by Gasteiger charge is 1.94. The number of hydrogen-bond donors (Lipinski definition) is 2. The predicted octanol–water partition coefficient (Wildman–Crippen LogP) is 2.57. The predicted molar refractivity (Wildman–Crippen MR) is 66.5 cm³/mol. The van der Waals surface area contributed by atoms with Crippen molar-refractivity contribution in [1.82, 2.24) is 5.32 Å². The van der Waals surface area contributed by atoms with Crippen LogP contribution in [0.15, 0.2) is 24.3 Å². The molecule has 0 bridgehead atoms. The van der Waals surface area contributed by atoms with E-state index in [4.69, 9.17) is 5.73 Å². The molecule has 3 nitrogen and oxygen atoms in total. The second-order valence-corrected chi connectivity index (χ2v) is 2.20. The van der Waals surface area contributed by atoms with Crippen LogP contribution in [0.3, 0.4) is 0 Å². The highest BCUT2D eigenvalue weighted by atomic mass is 16.1. The maximum atomic E-state index is 9.94. The van der Waals surface area contributed by atoms with E-state index in [0.717, 1.165) is 5.56 Å². The number of hydrogen-bond acceptors (Lipinski definition) is 2. The van der Waals surface area contributed by atoms with Gasteiger partial charge in [-0.2, -0.15) is 0 Å². The van der Waals surface area contributed by atoms with Crippen molar-refractivity contribution in [2.75, 3.05) is 5.73 Å². The second kappa shape index (κ2) is 12.5. The monoisotopic (exact) mass is 210 g/mol. The number of nitrogens with one attached hydrogen (secondary N) is 1. The Morgan fingerprint density at radius 3 is 2.20 bits per heavy atom. The van der Waals surface area contributed by atoms with Crippen molar-refractivity contribution in [2.45, 2.75) is 34.2 Å². The first kappa shape index (κ1) is 15.9. The van der Waals surface area contributed by atoms with Crippen LogP contribution in [0.25, 0.3) is 0 Å². The van der Waals surface area contributed by atoms with E-state index in [1.807, 2.05) is 52.0 Å². The number of nitrogen functional groups attached to an aromatic ring is 1. The third-order valence-electron chi connectivity index (χ3n) is 1.43. The minimum absolute atomic E-state index is 0.496. The zero-order valence-corrected chi connectivity index (χ0v) is 10.1. The summed E-state index contributed by atoms with van der Waals surface area (Å²) >= 11 is 0. The Bertz CT molecular complexity index is 249. The van der Waals surface area contributed by atoms with Crippen LogP contribution in [-0.2, 0) is 11.3 Å². The molecule has 0 fully saturated rings. The fraction of sp³-hybridized carbons (Fsp3) is 0.417. The Labute approximate surface area is 92.7 Å². The molecule has 0 spiro atoms. The van der Waals surface area contributed by atoms with E-state index in [0.29, 0.717) is 18.6 Å². The van der Waals surface area contributed by atoms with Crippen LogP contribution in [-0.4, -0.2) is 6.41 Å². The van der Waals surface area contributed by atoms with Crippen LogP contribution in [0, 0.1) is 0 Å². The molecule has 1 rings (SSSR count). The first-order valence-electron chi connectivity index (χ1n) is 5.35. The van der Waals surface area contributed by atoms with Gasteiger partial charge in [0, 0.05) is 12.2 Å². The van der Waals surface area contributed by atoms with Crippen LogP contribution in [0.4, 0.5) is 5.69 Å². The van der Waals surface area contributed by atoms with Crippen molar-refractivity contribution < 1.29 is 4.79 Å². The topological polar surface area (TPSA) is 55.1 Å². The van der Waals surface area contributed by atoms with Crippen LogP contribution in [0.2, 0.25) is 0 Å². The standard InChI is InChI=1S/C8H10N2O.2C2H6/c9-8-4-2-1-3-7(8)5-10-6-11;2*1-2/h1-4,6H,5,9H2,(H,10,11);2*1-2H3. The molecule has 0 aliphatic carbocycles. The third kappa shape index (κ3) is 7.55. The summed E-state index contributed by atoms with van der Waals surface area (Å²) in [5.74, 6) is 0. The molecular formula is C12H22N2O. The summed E-state index contributed by atoms with van der Waals surface area (Å²) in [6.45, 7) is 8.50. The average molecular weight is 210 g/mol. The Morgan fingerprint density at radius 1 is 1.20 bits per heavy atom. The zero-order valence-electron chi connectivity index (χ0n) is 10.1. The smallest absolute Gasteiger partial charge is 0.207 e. The highest BCUT2D eigenvalue weighted by Crippen LogP contribution is 2.08. The summed E-state index contributed by atoms with van der Waals surface area (Å²) in [5.41, 5.74) is 7.26. The summed E-state index contributed by atoms with van der Waals surface area (Å²) in [6.07, 6.45) is 0.659. The van der Waals surface area contributed by atoms with Gasteiger partial charge < -0.3 is 11.1 Å². The van der Waals surface area contributed by atoms with Crippen molar-refractivity contribution in [3.05, 3.63) is 29.8 Å². The van der Waals surface area contributed by atoms with E-state index in [1.54, 1.807) is 0 Å². The lowest BCUT2D eigenvalue weighted by Crippen LogP contribution is -2.11. The summed E-state index contributed by atoms with van der Waals surface area (Å²) in [4.78, 5) is 9.94. The zero-order chi connectivity index (χ0) is 12.1. The van der Waals surface area contributed by atoms with Gasteiger partial charge in [-0.15, -0.1) is 0 Å². The summed E-state index contributed by atoms with van der Waals surface area (Å²) in [6, 6.07) is 7.44. The molecule has 0 aromatic heterocycles. The number of amides is 1. The van der Waals surface area contributed by atoms with Crippen LogP contribution < -0.4 is 11.1 Å². The number of para-hydroxylation sites is 1. The number of nitrogens with two attached hydrogens (primary N) is 1. The number of benzene rings is 1. The van der Waals surface area contributed by atoms with Crippen molar-refractivity contribution in [2.24, 2.45) is 0 Å². The minimum Gasteiger partial charge on any atom is -0.398 e. The van der Waals surface area contributed by atoms with E-state index in [9.17, 15) is 4.79 Å². The molecule has 0 unspecified atom stereocenters. The molecule has 0 radical (unpaired) electrons. The summed E-state index contributed by atoms with van der Waals surface area (Å²) < 4.78 is 0. The van der Waals surface area contributed by atoms with Crippen molar-refractivity contribution >= 4 is 12.1 Å². The van der Waals surface area contributed by atoms with Gasteiger partial charge >= 0.3 is 0 Å². The maximum absolute atomic E-state index is 9.94. The number of rotatable bonds is 3. The van der Waals surface area contributed by atoms with Crippen molar-refractivity contribution in [1.29, 1.82) is 0 Å². The van der Waals surface area contributed by atoms with E-state index in [-0.39, 0.29) is 0 Å². The van der Waals surface area contributed by atoms with Gasteiger partial charge in [-0.05, 0) is 11.6 Å². The molecule has 3 N–H and O–H groups in total. The molecule has 15 heavy (non-hydrogen) atoms. The van der Waals surface area contributed by atoms with Crippen LogP contribution in [0.1, 0.15) is 33.3 Å². The van der Waals surface area contributed by atoms with Gasteiger partial charge in [-0.3, -0.25) is 4.79 Å². The Kier molecular flexibility index (Phi) is 13.3. The average Bonchev–Trinajstić information content (AvgIpc) is 2.33. The first-order valence-corrected chi connectivity index (χ1v) is 5.35. The molecule has 0 heterocycles. The van der Waals surface area contributed by atoms with Crippen LogP contribution >= 0.6 is 0 Å². The van der Waals surface area contributed by atoms with E-state index < -0.39 is 0 Å². The van der Waals surface area contributed by atoms with Gasteiger partial charge in [0.2, 0.25) is 6.41 Å². The van der Waals surface area contributed by atoms with Gasteiger partial charge in [-0.25, -0.2) is 0 Å². The van der Waals surface area contributed by atoms with E-state index >= 15 is 0 Å². The molecule has 0 aliphatic rings. The molecule has 1 aromatic carbocycles. The fourth-order valence-electron chi connectivity index (χ4n) is 0.847. The number of anilines is 1. The third-order valence-corrected chi connectivity index (χ3v) is 1.43. The van der Waals surface area contributed by atoms with Gasteiger partial charge in [0.1, 0.15) is 0 Å². The normalized spacial score (nSPS) is 7.47. The highest BCUT2D eigenvalue weighted by molar-refractivity contribution is 5.50. The molecule has 0 aliphatic heterocycles. The van der Waals surface area contributed by atoms with Gasteiger partial charge in [0.15, 0.2) is 0 Å². The molecule has 3 heteroatoms. The minimum atomic E-state index is 0.496. The number of carbonyl (C=O) groups is 1. The largest absolute Gasteiger partial charge is 0.398 e. The van der Waals surface area contributed by atoms with Crippen LogP contribution in [0.5, 0.6) is 0 Å². The molecule has 1 amide bonds. The van der Waals surface area contributed by atoms with Gasteiger partial charge in [0.25, 0.3) is 0 Å². The van der Waals surface area contributed by atoms with E-state index in [1.165, 1.54) is 0 Å². The maximum Gasteiger partial charge on any atom is 0.207 e. The van der Waals surface area contributed by atoms with E-state index in [2.05, 4.69) is 5.32 Å². The Morgan fingerprint density at radius 2 is 1.73 bits per heavy atom. The lowest BCUT2D eigenvalue weighted by Gasteiger charge is -2.02. The molecule has 0 atom stereocenters. The second-order valence-electron chi connectivity index (χ2n) is 2.20. The Balaban J connectivity index is 0. The molecule has 0 saturated carbocycles. The fourth-order valence-corrected chi connectivity index (χ4v) is 0.847. The molecule has 0 saturated heterocycles. The Hall–Kier alpha value is -1.51. The molecule has 86 valence electrons. The first-order chi connectivity index (χ1) is 7.34.